The molecule has 6 heteroatoms. The van der Waals surface area contributed by atoms with Crippen LogP contribution in [0.3, 0.4) is 0 Å². The Morgan fingerprint density at radius 1 is 0.957 bits per heavy atom. The summed E-state index contributed by atoms with van der Waals surface area (Å²) in [7, 11) is 1.51. The van der Waals surface area contributed by atoms with Crippen LogP contribution in [0.1, 0.15) is 0 Å². The van der Waals surface area contributed by atoms with Crippen molar-refractivity contribution in [1.29, 1.82) is 0 Å². The van der Waals surface area contributed by atoms with Crippen molar-refractivity contribution in [3.8, 4) is 11.5 Å². The first kappa shape index (κ1) is 16.4. The molecular weight excluding hydrogens is 298 g/mol. The van der Waals surface area contributed by atoms with Crippen LogP contribution < -0.4 is 14.8 Å². The lowest BCUT2D eigenvalue weighted by atomic mass is 10.3. The van der Waals surface area contributed by atoms with E-state index in [4.69, 9.17) is 14.2 Å². The lowest BCUT2D eigenvalue weighted by Gasteiger charge is -2.10. The van der Waals surface area contributed by atoms with E-state index in [1.807, 2.05) is 6.07 Å². The fourth-order valence-corrected chi connectivity index (χ4v) is 1.78. The minimum absolute atomic E-state index is 0.258. The van der Waals surface area contributed by atoms with Crippen LogP contribution >= 0.6 is 0 Å². The van der Waals surface area contributed by atoms with E-state index in [-0.39, 0.29) is 6.61 Å². The molecule has 0 aliphatic heterocycles. The molecule has 0 unspecified atom stereocenters. The van der Waals surface area contributed by atoms with Crippen LogP contribution in [0.2, 0.25) is 0 Å². The highest BCUT2D eigenvalue weighted by Gasteiger charge is 2.10. The van der Waals surface area contributed by atoms with Gasteiger partial charge in [-0.1, -0.05) is 30.3 Å². The molecule has 1 amide bonds. The van der Waals surface area contributed by atoms with Crippen molar-refractivity contribution >= 4 is 17.6 Å². The molecular formula is C17H17NO5. The van der Waals surface area contributed by atoms with E-state index in [9.17, 15) is 9.59 Å². The summed E-state index contributed by atoms with van der Waals surface area (Å²) in [6.45, 7) is -0.652. The zero-order valence-electron chi connectivity index (χ0n) is 12.7. The van der Waals surface area contributed by atoms with Gasteiger partial charge in [-0.25, -0.2) is 4.79 Å². The van der Waals surface area contributed by atoms with E-state index >= 15 is 0 Å². The quantitative estimate of drug-likeness (QED) is 0.793. The van der Waals surface area contributed by atoms with Crippen molar-refractivity contribution < 1.29 is 23.8 Å². The third-order valence-corrected chi connectivity index (χ3v) is 2.85. The van der Waals surface area contributed by atoms with Gasteiger partial charge >= 0.3 is 5.97 Å². The smallest absolute Gasteiger partial charge is 0.344 e. The minimum Gasteiger partial charge on any atom is -0.495 e. The SMILES string of the molecule is COc1ccccc1NC(=O)COC(=O)COc1ccccc1. The lowest BCUT2D eigenvalue weighted by Crippen LogP contribution is -2.23. The van der Waals surface area contributed by atoms with Gasteiger partial charge in [-0.15, -0.1) is 0 Å². The zero-order valence-corrected chi connectivity index (χ0v) is 12.7. The average molecular weight is 315 g/mol. The minimum atomic E-state index is -0.621. The second kappa shape index (κ2) is 8.43. The summed E-state index contributed by atoms with van der Waals surface area (Å²) in [5, 5.41) is 2.61. The Kier molecular flexibility index (Phi) is 5.99. The maximum Gasteiger partial charge on any atom is 0.344 e. The van der Waals surface area contributed by atoms with E-state index in [0.29, 0.717) is 17.2 Å². The highest BCUT2D eigenvalue weighted by atomic mass is 16.6. The molecule has 0 aliphatic rings. The normalized spacial score (nSPS) is 9.78. The number of carbonyl (C=O) groups excluding carboxylic acids is 2. The van der Waals surface area contributed by atoms with Gasteiger partial charge in [-0.05, 0) is 24.3 Å². The van der Waals surface area contributed by atoms with Gasteiger partial charge in [-0.2, -0.15) is 0 Å². The van der Waals surface area contributed by atoms with Crippen molar-refractivity contribution in [3.63, 3.8) is 0 Å². The molecule has 0 saturated carbocycles. The molecule has 6 nitrogen and oxygen atoms in total. The summed E-state index contributed by atoms with van der Waals surface area (Å²) in [6, 6.07) is 15.8. The standard InChI is InChI=1S/C17H17NO5/c1-21-15-10-6-5-9-14(15)18-16(19)11-23-17(20)12-22-13-7-3-2-4-8-13/h2-10H,11-12H2,1H3,(H,18,19). The van der Waals surface area contributed by atoms with Crippen molar-refractivity contribution in [2.24, 2.45) is 0 Å². The van der Waals surface area contributed by atoms with Gasteiger partial charge < -0.3 is 19.5 Å². The zero-order chi connectivity index (χ0) is 16.5. The van der Waals surface area contributed by atoms with Gasteiger partial charge in [0.05, 0.1) is 12.8 Å². The summed E-state index contributed by atoms with van der Waals surface area (Å²) in [6.07, 6.45) is 0. The average Bonchev–Trinajstić information content (AvgIpc) is 2.59. The number of carbonyl (C=O) groups is 2. The summed E-state index contributed by atoms with van der Waals surface area (Å²) in [4.78, 5) is 23.3. The Morgan fingerprint density at radius 3 is 2.39 bits per heavy atom. The number of nitrogens with one attached hydrogen (secondary N) is 1. The molecule has 0 aliphatic carbocycles. The summed E-state index contributed by atoms with van der Waals surface area (Å²) in [5.41, 5.74) is 0.511. The first-order chi connectivity index (χ1) is 11.2. The van der Waals surface area contributed by atoms with Crippen molar-refractivity contribution in [3.05, 3.63) is 54.6 Å². The summed E-state index contributed by atoms with van der Waals surface area (Å²) < 4.78 is 15.2. The fraction of sp³-hybridized carbons (Fsp3) is 0.176. The first-order valence-electron chi connectivity index (χ1n) is 6.95. The Hall–Kier alpha value is -3.02. The van der Waals surface area contributed by atoms with Crippen LogP contribution in [0, 0.1) is 0 Å². The largest absolute Gasteiger partial charge is 0.495 e. The van der Waals surface area contributed by atoms with Gasteiger partial charge in [0.15, 0.2) is 13.2 Å². The second-order valence-corrected chi connectivity index (χ2v) is 4.51. The first-order valence-corrected chi connectivity index (χ1v) is 6.95. The molecule has 23 heavy (non-hydrogen) atoms. The van der Waals surface area contributed by atoms with Crippen LogP contribution in [0.25, 0.3) is 0 Å². The van der Waals surface area contributed by atoms with Crippen molar-refractivity contribution in [2.45, 2.75) is 0 Å². The molecule has 2 rings (SSSR count). The molecule has 1 N–H and O–H groups in total. The molecule has 0 saturated heterocycles. The number of ether oxygens (including phenoxy) is 3. The maximum absolute atomic E-state index is 11.8. The van der Waals surface area contributed by atoms with Gasteiger partial charge in [-0.3, -0.25) is 4.79 Å². The van der Waals surface area contributed by atoms with Crippen molar-refractivity contribution in [1.82, 2.24) is 0 Å². The highest BCUT2D eigenvalue weighted by Crippen LogP contribution is 2.22. The summed E-state index contributed by atoms with van der Waals surface area (Å²) in [5.74, 6) is 0.00843. The van der Waals surface area contributed by atoms with Gasteiger partial charge in [0.2, 0.25) is 0 Å². The molecule has 0 bridgehead atoms. The molecule has 0 aromatic heterocycles. The summed E-state index contributed by atoms with van der Waals surface area (Å²) >= 11 is 0. The number of methoxy groups -OCH3 is 1. The predicted molar refractivity (Wildman–Crippen MR) is 84.5 cm³/mol. The number of hydrogen-bond donors (Lipinski definition) is 1. The number of benzene rings is 2. The molecule has 0 fully saturated rings. The number of amides is 1. The Bertz CT molecular complexity index is 657. The predicted octanol–water partition coefficient (Wildman–Crippen LogP) is 2.26. The molecule has 0 radical (unpaired) electrons. The molecule has 2 aromatic rings. The van der Waals surface area contributed by atoms with Gasteiger partial charge in [0, 0.05) is 0 Å². The second-order valence-electron chi connectivity index (χ2n) is 4.51. The maximum atomic E-state index is 11.8. The third kappa shape index (κ3) is 5.35. The third-order valence-electron chi connectivity index (χ3n) is 2.85. The Balaban J connectivity index is 1.74. The van der Waals surface area contributed by atoms with Gasteiger partial charge in [0.1, 0.15) is 11.5 Å². The molecule has 120 valence electrons. The van der Waals surface area contributed by atoms with E-state index in [1.165, 1.54) is 7.11 Å². The Morgan fingerprint density at radius 2 is 1.65 bits per heavy atom. The van der Waals surface area contributed by atoms with Crippen LogP contribution in [-0.4, -0.2) is 32.2 Å². The van der Waals surface area contributed by atoms with Crippen LogP contribution in [0.4, 0.5) is 5.69 Å². The van der Waals surface area contributed by atoms with E-state index in [1.54, 1.807) is 48.5 Å². The lowest BCUT2D eigenvalue weighted by molar-refractivity contribution is -0.149. The van der Waals surface area contributed by atoms with Crippen molar-refractivity contribution in [2.75, 3.05) is 25.6 Å². The van der Waals surface area contributed by atoms with E-state index < -0.39 is 18.5 Å². The molecule has 0 atom stereocenters. The Labute approximate surface area is 134 Å². The van der Waals surface area contributed by atoms with E-state index in [0.717, 1.165) is 0 Å². The number of para-hydroxylation sites is 3. The monoisotopic (exact) mass is 315 g/mol. The van der Waals surface area contributed by atoms with E-state index in [2.05, 4.69) is 5.32 Å². The highest BCUT2D eigenvalue weighted by molar-refractivity contribution is 5.94. The fourth-order valence-electron chi connectivity index (χ4n) is 1.78. The van der Waals surface area contributed by atoms with Crippen LogP contribution in [-0.2, 0) is 14.3 Å². The number of esters is 1. The van der Waals surface area contributed by atoms with Gasteiger partial charge in [0.25, 0.3) is 5.91 Å². The molecule has 2 aromatic carbocycles. The number of rotatable bonds is 7. The topological polar surface area (TPSA) is 73.9 Å². The molecule has 0 heterocycles. The molecule has 0 spiro atoms. The van der Waals surface area contributed by atoms with Crippen LogP contribution in [0.15, 0.2) is 54.6 Å². The number of anilines is 1. The number of hydrogen-bond acceptors (Lipinski definition) is 5. The van der Waals surface area contributed by atoms with Crippen LogP contribution in [0.5, 0.6) is 11.5 Å².